The highest BCUT2D eigenvalue weighted by molar-refractivity contribution is 7.92. The van der Waals surface area contributed by atoms with Crippen LogP contribution in [-0.2, 0) is 26.5 Å². The first kappa shape index (κ1) is 23.4. The SMILES string of the molecule is NS(=O)(=O)c1ccc(CCNC(=O)c2cccc(S(=O)(=O)Nc3ccc(F)cc3)c2)cc1. The number of hydrogen-bond donors (Lipinski definition) is 3. The molecule has 0 unspecified atom stereocenters. The molecule has 0 heterocycles. The first-order valence-electron chi connectivity index (χ1n) is 9.33. The zero-order chi connectivity index (χ0) is 23.4. The van der Waals surface area contributed by atoms with E-state index in [1.54, 1.807) is 12.1 Å². The molecule has 0 aliphatic heterocycles. The lowest BCUT2D eigenvalue weighted by Gasteiger charge is -2.10. The van der Waals surface area contributed by atoms with E-state index in [2.05, 4.69) is 10.0 Å². The van der Waals surface area contributed by atoms with Gasteiger partial charge >= 0.3 is 0 Å². The minimum atomic E-state index is -3.97. The molecule has 168 valence electrons. The molecule has 0 fully saturated rings. The topological polar surface area (TPSA) is 135 Å². The minimum Gasteiger partial charge on any atom is -0.352 e. The summed E-state index contributed by atoms with van der Waals surface area (Å²) in [5.74, 6) is -0.961. The van der Waals surface area contributed by atoms with Gasteiger partial charge in [0.05, 0.1) is 9.79 Å². The van der Waals surface area contributed by atoms with Crippen LogP contribution in [0.15, 0.2) is 82.6 Å². The number of halogens is 1. The third kappa shape index (κ3) is 6.13. The molecule has 0 radical (unpaired) electrons. The zero-order valence-electron chi connectivity index (χ0n) is 16.7. The second kappa shape index (κ2) is 9.47. The Kier molecular flexibility index (Phi) is 6.92. The van der Waals surface area contributed by atoms with Gasteiger partial charge in [-0.15, -0.1) is 0 Å². The summed E-state index contributed by atoms with van der Waals surface area (Å²) in [5.41, 5.74) is 1.13. The van der Waals surface area contributed by atoms with Gasteiger partial charge in [-0.1, -0.05) is 18.2 Å². The molecule has 1 amide bonds. The van der Waals surface area contributed by atoms with E-state index in [4.69, 9.17) is 5.14 Å². The molecule has 3 aromatic carbocycles. The van der Waals surface area contributed by atoms with Gasteiger partial charge in [0.25, 0.3) is 15.9 Å². The van der Waals surface area contributed by atoms with Crippen molar-refractivity contribution in [1.29, 1.82) is 0 Å². The van der Waals surface area contributed by atoms with Crippen LogP contribution in [0.25, 0.3) is 0 Å². The predicted octanol–water partition coefficient (Wildman–Crippen LogP) is 2.25. The van der Waals surface area contributed by atoms with E-state index in [9.17, 15) is 26.0 Å². The molecule has 3 rings (SSSR count). The van der Waals surface area contributed by atoms with Crippen molar-refractivity contribution in [3.63, 3.8) is 0 Å². The molecular weight excluding hydrogens is 457 g/mol. The Morgan fingerprint density at radius 2 is 1.53 bits per heavy atom. The summed E-state index contributed by atoms with van der Waals surface area (Å²) in [4.78, 5) is 12.3. The van der Waals surface area contributed by atoms with Crippen LogP contribution in [0.2, 0.25) is 0 Å². The van der Waals surface area contributed by atoms with Crippen molar-refractivity contribution >= 4 is 31.6 Å². The molecule has 8 nitrogen and oxygen atoms in total. The number of amides is 1. The molecule has 0 spiro atoms. The van der Waals surface area contributed by atoms with Gasteiger partial charge in [-0.3, -0.25) is 9.52 Å². The van der Waals surface area contributed by atoms with Crippen LogP contribution in [-0.4, -0.2) is 29.3 Å². The van der Waals surface area contributed by atoms with Crippen LogP contribution in [0, 0.1) is 5.82 Å². The maximum Gasteiger partial charge on any atom is 0.261 e. The number of hydrogen-bond acceptors (Lipinski definition) is 5. The van der Waals surface area contributed by atoms with Crippen molar-refractivity contribution in [2.24, 2.45) is 5.14 Å². The first-order valence-corrected chi connectivity index (χ1v) is 12.4. The summed E-state index contributed by atoms with van der Waals surface area (Å²) < 4.78 is 63.0. The van der Waals surface area contributed by atoms with E-state index in [1.165, 1.54) is 48.5 Å². The predicted molar refractivity (Wildman–Crippen MR) is 118 cm³/mol. The number of nitrogens with one attached hydrogen (secondary N) is 2. The van der Waals surface area contributed by atoms with Crippen molar-refractivity contribution in [3.05, 3.63) is 89.7 Å². The van der Waals surface area contributed by atoms with Crippen molar-refractivity contribution in [1.82, 2.24) is 5.32 Å². The Labute approximate surface area is 185 Å². The highest BCUT2D eigenvalue weighted by Gasteiger charge is 2.16. The third-order valence-corrected chi connectivity index (χ3v) is 6.76. The molecule has 0 bridgehead atoms. The van der Waals surface area contributed by atoms with Crippen molar-refractivity contribution in [2.45, 2.75) is 16.2 Å². The second-order valence-electron chi connectivity index (χ2n) is 6.84. The van der Waals surface area contributed by atoms with E-state index in [0.29, 0.717) is 6.42 Å². The minimum absolute atomic E-state index is 0.00226. The lowest BCUT2D eigenvalue weighted by Crippen LogP contribution is -2.26. The quantitative estimate of drug-likeness (QED) is 0.457. The van der Waals surface area contributed by atoms with Gasteiger partial charge in [-0.25, -0.2) is 26.4 Å². The maximum atomic E-state index is 13.0. The number of sulfonamides is 2. The summed E-state index contributed by atoms with van der Waals surface area (Å²) in [5, 5.41) is 7.74. The Morgan fingerprint density at radius 3 is 2.16 bits per heavy atom. The molecule has 3 aromatic rings. The number of primary sulfonamides is 1. The summed E-state index contributed by atoms with van der Waals surface area (Å²) in [6, 6.07) is 16.3. The van der Waals surface area contributed by atoms with Crippen LogP contribution in [0.3, 0.4) is 0 Å². The van der Waals surface area contributed by atoms with Gasteiger partial charge < -0.3 is 5.32 Å². The van der Waals surface area contributed by atoms with Crippen LogP contribution in [0.1, 0.15) is 15.9 Å². The van der Waals surface area contributed by atoms with Gasteiger partial charge in [-0.05, 0) is 66.6 Å². The summed E-state index contributed by atoms with van der Waals surface area (Å²) >= 11 is 0. The van der Waals surface area contributed by atoms with Gasteiger partial charge in [0.2, 0.25) is 10.0 Å². The number of nitrogens with two attached hydrogens (primary N) is 1. The van der Waals surface area contributed by atoms with Gasteiger partial charge in [-0.2, -0.15) is 0 Å². The number of carbonyl (C=O) groups is 1. The normalized spacial score (nSPS) is 11.7. The fourth-order valence-corrected chi connectivity index (χ4v) is 4.42. The van der Waals surface area contributed by atoms with E-state index >= 15 is 0 Å². The average Bonchev–Trinajstić information content (AvgIpc) is 2.75. The number of anilines is 1. The Bertz CT molecular complexity index is 1320. The van der Waals surface area contributed by atoms with Gasteiger partial charge in [0.15, 0.2) is 0 Å². The Balaban J connectivity index is 1.63. The summed E-state index contributed by atoms with van der Waals surface area (Å²) in [6.07, 6.45) is 0.431. The molecular formula is C21H20FN3O5S2. The standard InChI is InChI=1S/C21H20FN3O5S2/c22-17-6-8-18(9-7-17)25-32(29,30)20-3-1-2-16(14-20)21(26)24-13-12-15-4-10-19(11-5-15)31(23,27)28/h1-11,14,25H,12-13H2,(H,24,26)(H2,23,27,28). The molecule has 0 saturated carbocycles. The highest BCUT2D eigenvalue weighted by Crippen LogP contribution is 2.18. The Hall–Kier alpha value is -3.28. The van der Waals surface area contributed by atoms with Crippen LogP contribution >= 0.6 is 0 Å². The van der Waals surface area contributed by atoms with Crippen molar-refractivity contribution < 1.29 is 26.0 Å². The summed E-state index contributed by atoms with van der Waals surface area (Å²) in [7, 11) is -7.74. The number of carbonyl (C=O) groups excluding carboxylic acids is 1. The maximum absolute atomic E-state index is 13.0. The van der Waals surface area contributed by atoms with Crippen LogP contribution < -0.4 is 15.2 Å². The van der Waals surface area contributed by atoms with Crippen molar-refractivity contribution in [2.75, 3.05) is 11.3 Å². The molecule has 11 heteroatoms. The summed E-state index contributed by atoms with van der Waals surface area (Å²) in [6.45, 7) is 0.248. The van der Waals surface area contributed by atoms with E-state index < -0.39 is 31.8 Å². The number of benzene rings is 3. The van der Waals surface area contributed by atoms with Gasteiger partial charge in [0.1, 0.15) is 5.82 Å². The molecule has 4 N–H and O–H groups in total. The van der Waals surface area contributed by atoms with E-state index in [-0.39, 0.29) is 27.6 Å². The average molecular weight is 478 g/mol. The molecule has 32 heavy (non-hydrogen) atoms. The van der Waals surface area contributed by atoms with Gasteiger partial charge in [0, 0.05) is 17.8 Å². The molecule has 0 saturated heterocycles. The fourth-order valence-electron chi connectivity index (χ4n) is 2.80. The molecule has 0 aromatic heterocycles. The number of rotatable bonds is 8. The fraction of sp³-hybridized carbons (Fsp3) is 0.0952. The van der Waals surface area contributed by atoms with E-state index in [0.717, 1.165) is 17.7 Å². The van der Waals surface area contributed by atoms with Crippen LogP contribution in [0.4, 0.5) is 10.1 Å². The Morgan fingerprint density at radius 1 is 0.875 bits per heavy atom. The smallest absolute Gasteiger partial charge is 0.261 e. The molecule has 0 atom stereocenters. The third-order valence-electron chi connectivity index (χ3n) is 4.45. The van der Waals surface area contributed by atoms with E-state index in [1.807, 2.05) is 0 Å². The van der Waals surface area contributed by atoms with Crippen LogP contribution in [0.5, 0.6) is 0 Å². The highest BCUT2D eigenvalue weighted by atomic mass is 32.2. The first-order chi connectivity index (χ1) is 15.0. The van der Waals surface area contributed by atoms with Crippen molar-refractivity contribution in [3.8, 4) is 0 Å². The molecule has 0 aliphatic rings. The largest absolute Gasteiger partial charge is 0.352 e. The lowest BCUT2D eigenvalue weighted by molar-refractivity contribution is 0.0954. The lowest BCUT2D eigenvalue weighted by atomic mass is 10.1. The molecule has 0 aliphatic carbocycles. The second-order valence-corrected chi connectivity index (χ2v) is 10.1. The zero-order valence-corrected chi connectivity index (χ0v) is 18.3. The monoisotopic (exact) mass is 477 g/mol.